The van der Waals surface area contributed by atoms with E-state index in [2.05, 4.69) is 17.6 Å². The van der Waals surface area contributed by atoms with Crippen LogP contribution in [0.2, 0.25) is 0 Å². The van der Waals surface area contributed by atoms with Gasteiger partial charge in [0.1, 0.15) is 6.42 Å². The van der Waals surface area contributed by atoms with Gasteiger partial charge in [-0.3, -0.25) is 9.35 Å². The average molecular weight is 397 g/mol. The molecule has 1 aliphatic rings. The minimum atomic E-state index is -4.00. The first kappa shape index (κ1) is 19.0. The van der Waals surface area contributed by atoms with Crippen molar-refractivity contribution in [1.82, 2.24) is 0 Å². The molecule has 2 aromatic rings. The van der Waals surface area contributed by atoms with Crippen molar-refractivity contribution in [2.45, 2.75) is 38.5 Å². The molecule has 0 spiro atoms. The van der Waals surface area contributed by atoms with Gasteiger partial charge in [-0.15, -0.1) is 0 Å². The minimum Gasteiger partial charge on any atom is -0.481 e. The summed E-state index contributed by atoms with van der Waals surface area (Å²) in [7, 11) is -4.00. The number of thiophene rings is 1. The van der Waals surface area contributed by atoms with Gasteiger partial charge in [0, 0.05) is 17.0 Å². The maximum absolute atomic E-state index is 11.1. The van der Waals surface area contributed by atoms with Crippen LogP contribution in [0.4, 0.5) is 5.00 Å². The molecule has 0 saturated heterocycles. The predicted molar refractivity (Wildman–Crippen MR) is 103 cm³/mol. The molecule has 1 aliphatic heterocycles. The lowest BCUT2D eigenvalue weighted by molar-refractivity contribution is -0.434. The third kappa shape index (κ3) is 3.41. The lowest BCUT2D eigenvalue weighted by Crippen LogP contribution is -2.31. The predicted octanol–water partition coefficient (Wildman–Crippen LogP) is 3.42. The number of benzene rings is 1. The van der Waals surface area contributed by atoms with Crippen LogP contribution >= 0.6 is 11.3 Å². The van der Waals surface area contributed by atoms with Crippen molar-refractivity contribution in [3.05, 3.63) is 29.8 Å². The maximum atomic E-state index is 11.1. The SMILES string of the molecule is CC1=[N+](CCC(=O)O)c2sc3ccccc3c2C1(C)CCCS(=O)(=O)O. The Morgan fingerprint density at radius 3 is 2.65 bits per heavy atom. The summed E-state index contributed by atoms with van der Waals surface area (Å²) in [5.41, 5.74) is 1.77. The summed E-state index contributed by atoms with van der Waals surface area (Å²) in [5, 5.41) is 11.2. The average Bonchev–Trinajstić information content (AvgIpc) is 3.00. The van der Waals surface area contributed by atoms with Gasteiger partial charge in [-0.05, 0) is 25.8 Å². The first-order valence-electron chi connectivity index (χ1n) is 8.44. The highest BCUT2D eigenvalue weighted by molar-refractivity contribution is 7.85. The second-order valence-electron chi connectivity index (χ2n) is 6.88. The van der Waals surface area contributed by atoms with E-state index in [9.17, 15) is 13.2 Å². The van der Waals surface area contributed by atoms with E-state index in [4.69, 9.17) is 9.66 Å². The zero-order valence-electron chi connectivity index (χ0n) is 14.7. The molecule has 1 unspecified atom stereocenters. The molecule has 1 aromatic heterocycles. The molecule has 1 atom stereocenters. The highest BCUT2D eigenvalue weighted by atomic mass is 32.2. The monoisotopic (exact) mass is 396 g/mol. The molecular weight excluding hydrogens is 374 g/mol. The molecule has 0 bridgehead atoms. The number of hydrogen-bond acceptors (Lipinski definition) is 4. The normalized spacial score (nSPS) is 20.0. The van der Waals surface area contributed by atoms with E-state index in [1.807, 2.05) is 25.1 Å². The van der Waals surface area contributed by atoms with Gasteiger partial charge in [0.25, 0.3) is 15.1 Å². The Morgan fingerprint density at radius 2 is 2.00 bits per heavy atom. The third-order valence-electron chi connectivity index (χ3n) is 5.21. The molecule has 0 aliphatic carbocycles. The summed E-state index contributed by atoms with van der Waals surface area (Å²) in [6, 6.07) is 8.05. The van der Waals surface area contributed by atoms with Crippen molar-refractivity contribution in [2.24, 2.45) is 0 Å². The lowest BCUT2D eigenvalue weighted by Gasteiger charge is -2.22. The molecule has 1 aromatic carbocycles. The third-order valence-corrected chi connectivity index (χ3v) is 7.20. The first-order valence-corrected chi connectivity index (χ1v) is 10.9. The Bertz CT molecular complexity index is 1010. The molecule has 0 radical (unpaired) electrons. The second kappa shape index (κ2) is 6.75. The maximum Gasteiger partial charge on any atom is 0.309 e. The molecule has 2 heterocycles. The van der Waals surface area contributed by atoms with E-state index in [1.54, 1.807) is 11.3 Å². The molecule has 140 valence electrons. The minimum absolute atomic E-state index is 0.0339. The van der Waals surface area contributed by atoms with Crippen LogP contribution in [0.5, 0.6) is 0 Å². The topological polar surface area (TPSA) is 94.7 Å². The van der Waals surface area contributed by atoms with Crippen molar-refractivity contribution in [2.75, 3.05) is 12.3 Å². The molecule has 6 nitrogen and oxygen atoms in total. The molecule has 8 heteroatoms. The van der Waals surface area contributed by atoms with Gasteiger partial charge >= 0.3 is 5.97 Å². The number of carbonyl (C=O) groups is 1. The Hall–Kier alpha value is -1.77. The molecular formula is C18H22NO5S2+. The van der Waals surface area contributed by atoms with Crippen molar-refractivity contribution >= 4 is 48.2 Å². The Balaban J connectivity index is 2.06. The first-order chi connectivity index (χ1) is 12.1. The number of rotatable bonds is 7. The van der Waals surface area contributed by atoms with Crippen LogP contribution in [0.3, 0.4) is 0 Å². The van der Waals surface area contributed by atoms with E-state index >= 15 is 0 Å². The largest absolute Gasteiger partial charge is 0.481 e. The van der Waals surface area contributed by atoms with Crippen LogP contribution in [0, 0.1) is 0 Å². The molecule has 2 N–H and O–H groups in total. The van der Waals surface area contributed by atoms with E-state index in [0.29, 0.717) is 19.4 Å². The van der Waals surface area contributed by atoms with Crippen molar-refractivity contribution in [3.63, 3.8) is 0 Å². The smallest absolute Gasteiger partial charge is 0.309 e. The van der Waals surface area contributed by atoms with Crippen LogP contribution in [0.1, 0.15) is 38.7 Å². The fourth-order valence-electron chi connectivity index (χ4n) is 3.78. The van der Waals surface area contributed by atoms with Gasteiger partial charge in [0.05, 0.1) is 16.7 Å². The highest BCUT2D eigenvalue weighted by Gasteiger charge is 2.48. The lowest BCUT2D eigenvalue weighted by atomic mass is 9.76. The van der Waals surface area contributed by atoms with Gasteiger partial charge in [-0.25, -0.2) is 0 Å². The van der Waals surface area contributed by atoms with E-state index in [1.165, 1.54) is 0 Å². The van der Waals surface area contributed by atoms with Crippen LogP contribution in [-0.4, -0.2) is 46.6 Å². The Morgan fingerprint density at radius 1 is 1.31 bits per heavy atom. The second-order valence-corrected chi connectivity index (χ2v) is 9.48. The van der Waals surface area contributed by atoms with Gasteiger partial charge in [-0.2, -0.15) is 13.0 Å². The van der Waals surface area contributed by atoms with Crippen LogP contribution in [0.25, 0.3) is 10.1 Å². The standard InChI is InChI=1S/C18H21NO5S2/c1-12-18(2,9-5-11-26(22,23)24)16-13-6-3-4-7-14(13)25-17(16)19(12)10-8-15(20)21/h3-4,6-7H,5,8-11H2,1-2H3,(H-,20,21,22,23,24)/p+1. The van der Waals surface area contributed by atoms with Crippen molar-refractivity contribution < 1.29 is 27.4 Å². The highest BCUT2D eigenvalue weighted by Crippen LogP contribution is 2.51. The molecule has 3 rings (SSSR count). The molecule has 0 fully saturated rings. The zero-order valence-corrected chi connectivity index (χ0v) is 16.4. The summed E-state index contributed by atoms with van der Waals surface area (Å²) in [4.78, 5) is 11.1. The summed E-state index contributed by atoms with van der Waals surface area (Å²) < 4.78 is 34.5. The number of nitrogens with zero attached hydrogens (tertiary/aromatic N) is 1. The molecule has 0 saturated carbocycles. The fraction of sp³-hybridized carbons (Fsp3) is 0.444. The Labute approximate surface area is 156 Å². The number of hydrogen-bond donors (Lipinski definition) is 2. The Kier molecular flexibility index (Phi) is 4.94. The number of aliphatic carboxylic acids is 1. The van der Waals surface area contributed by atoms with Crippen molar-refractivity contribution in [3.8, 4) is 0 Å². The summed E-state index contributed by atoms with van der Waals surface area (Å²) >= 11 is 1.64. The summed E-state index contributed by atoms with van der Waals surface area (Å²) in [6.45, 7) is 4.44. The van der Waals surface area contributed by atoms with Gasteiger partial charge in [-0.1, -0.05) is 29.5 Å². The van der Waals surface area contributed by atoms with Crippen LogP contribution < -0.4 is 0 Å². The van der Waals surface area contributed by atoms with E-state index < -0.39 is 21.5 Å². The van der Waals surface area contributed by atoms with Gasteiger partial charge < -0.3 is 5.11 Å². The summed E-state index contributed by atoms with van der Waals surface area (Å²) in [6.07, 6.45) is 0.936. The number of carboxylic acids is 1. The molecule has 26 heavy (non-hydrogen) atoms. The zero-order chi connectivity index (χ0) is 19.1. The fourth-order valence-corrected chi connectivity index (χ4v) is 5.70. The van der Waals surface area contributed by atoms with E-state index in [-0.39, 0.29) is 12.2 Å². The quantitative estimate of drug-likeness (QED) is 0.552. The van der Waals surface area contributed by atoms with Crippen molar-refractivity contribution in [1.29, 1.82) is 0 Å². The van der Waals surface area contributed by atoms with Gasteiger partial charge in [0.2, 0.25) is 0 Å². The van der Waals surface area contributed by atoms with E-state index in [0.717, 1.165) is 26.4 Å². The van der Waals surface area contributed by atoms with Crippen LogP contribution in [-0.2, 0) is 20.3 Å². The summed E-state index contributed by atoms with van der Waals surface area (Å²) in [5.74, 6) is -1.12. The molecule has 0 amide bonds. The van der Waals surface area contributed by atoms with Gasteiger partial charge in [0.15, 0.2) is 12.3 Å². The van der Waals surface area contributed by atoms with Crippen LogP contribution in [0.15, 0.2) is 24.3 Å². The number of carboxylic acid groups (broad SMARTS) is 1. The number of fused-ring (bicyclic) bond motifs is 3.